The SMILES string of the molecule is CC(CNc1ccccc1)N1CCN(c2nccs2)CC1. The van der Waals surface area contributed by atoms with E-state index in [0.717, 1.165) is 37.9 Å². The van der Waals surface area contributed by atoms with Gasteiger partial charge < -0.3 is 10.2 Å². The highest BCUT2D eigenvalue weighted by atomic mass is 32.1. The summed E-state index contributed by atoms with van der Waals surface area (Å²) in [6.07, 6.45) is 1.89. The lowest BCUT2D eigenvalue weighted by molar-refractivity contribution is 0.204. The highest BCUT2D eigenvalue weighted by Gasteiger charge is 2.21. The summed E-state index contributed by atoms with van der Waals surface area (Å²) in [5.74, 6) is 0. The minimum absolute atomic E-state index is 0.545. The maximum Gasteiger partial charge on any atom is 0.185 e. The molecular formula is C16H22N4S. The van der Waals surface area contributed by atoms with Gasteiger partial charge in [-0.15, -0.1) is 11.3 Å². The van der Waals surface area contributed by atoms with Gasteiger partial charge in [0, 0.05) is 56.0 Å². The smallest absolute Gasteiger partial charge is 0.185 e. The van der Waals surface area contributed by atoms with Gasteiger partial charge in [-0.05, 0) is 19.1 Å². The maximum atomic E-state index is 4.40. The summed E-state index contributed by atoms with van der Waals surface area (Å²) >= 11 is 1.73. The number of anilines is 2. The van der Waals surface area contributed by atoms with Crippen LogP contribution in [0.2, 0.25) is 0 Å². The van der Waals surface area contributed by atoms with Crippen LogP contribution in [0.4, 0.5) is 10.8 Å². The van der Waals surface area contributed by atoms with E-state index >= 15 is 0 Å². The molecule has 0 saturated carbocycles. The van der Waals surface area contributed by atoms with Crippen LogP contribution in [0, 0.1) is 0 Å². The quantitative estimate of drug-likeness (QED) is 0.920. The molecule has 0 radical (unpaired) electrons. The van der Waals surface area contributed by atoms with E-state index < -0.39 is 0 Å². The van der Waals surface area contributed by atoms with E-state index in [1.807, 2.05) is 17.6 Å². The first-order chi connectivity index (χ1) is 10.3. The minimum atomic E-state index is 0.545. The van der Waals surface area contributed by atoms with E-state index in [4.69, 9.17) is 0 Å². The standard InChI is InChI=1S/C16H22N4S/c1-14(13-18-15-5-3-2-4-6-15)19-8-10-20(11-9-19)16-17-7-12-21-16/h2-7,12,14,18H,8-11,13H2,1H3. The van der Waals surface area contributed by atoms with Crippen molar-refractivity contribution in [1.82, 2.24) is 9.88 Å². The third-order valence-electron chi connectivity index (χ3n) is 4.00. The third-order valence-corrected chi connectivity index (χ3v) is 4.84. The van der Waals surface area contributed by atoms with Gasteiger partial charge in [-0.1, -0.05) is 18.2 Å². The molecule has 0 amide bonds. The molecule has 1 aliphatic heterocycles. The molecule has 2 heterocycles. The van der Waals surface area contributed by atoms with Gasteiger partial charge in [0.1, 0.15) is 0 Å². The van der Waals surface area contributed by atoms with E-state index in [1.54, 1.807) is 11.3 Å². The number of thiazole rings is 1. The van der Waals surface area contributed by atoms with Crippen molar-refractivity contribution < 1.29 is 0 Å². The van der Waals surface area contributed by atoms with E-state index in [-0.39, 0.29) is 0 Å². The van der Waals surface area contributed by atoms with Gasteiger partial charge in [0.05, 0.1) is 0 Å². The van der Waals surface area contributed by atoms with E-state index in [0.29, 0.717) is 6.04 Å². The second-order valence-corrected chi connectivity index (χ2v) is 6.31. The average Bonchev–Trinajstić information content (AvgIpc) is 3.08. The fraction of sp³-hybridized carbons (Fsp3) is 0.438. The fourth-order valence-corrected chi connectivity index (χ4v) is 3.37. The Hall–Kier alpha value is -1.59. The Morgan fingerprint density at radius 2 is 1.95 bits per heavy atom. The van der Waals surface area contributed by atoms with Crippen LogP contribution < -0.4 is 10.2 Å². The Labute approximate surface area is 130 Å². The van der Waals surface area contributed by atoms with Crippen LogP contribution in [0.25, 0.3) is 0 Å². The molecule has 5 heteroatoms. The number of benzene rings is 1. The molecule has 1 unspecified atom stereocenters. The summed E-state index contributed by atoms with van der Waals surface area (Å²) in [5.41, 5.74) is 1.20. The van der Waals surface area contributed by atoms with E-state index in [9.17, 15) is 0 Å². The molecule has 21 heavy (non-hydrogen) atoms. The number of para-hydroxylation sites is 1. The number of aromatic nitrogens is 1. The molecule has 3 rings (SSSR count). The zero-order valence-corrected chi connectivity index (χ0v) is 13.2. The fourth-order valence-electron chi connectivity index (χ4n) is 2.68. The summed E-state index contributed by atoms with van der Waals surface area (Å²) in [7, 11) is 0. The molecule has 1 N–H and O–H groups in total. The van der Waals surface area contributed by atoms with Crippen molar-refractivity contribution in [2.45, 2.75) is 13.0 Å². The van der Waals surface area contributed by atoms with Crippen LogP contribution in [0.1, 0.15) is 6.92 Å². The van der Waals surface area contributed by atoms with Crippen molar-refractivity contribution >= 4 is 22.2 Å². The molecule has 4 nitrogen and oxygen atoms in total. The molecule has 1 aromatic heterocycles. The van der Waals surface area contributed by atoms with Gasteiger partial charge in [0.25, 0.3) is 0 Å². The normalized spacial score (nSPS) is 17.7. The Kier molecular flexibility index (Phi) is 4.72. The number of hydrogen-bond donors (Lipinski definition) is 1. The first kappa shape index (κ1) is 14.4. The number of hydrogen-bond acceptors (Lipinski definition) is 5. The maximum absolute atomic E-state index is 4.40. The molecule has 0 bridgehead atoms. The van der Waals surface area contributed by atoms with E-state index in [1.165, 1.54) is 5.69 Å². The molecule has 1 saturated heterocycles. The Balaban J connectivity index is 1.45. The number of rotatable bonds is 5. The van der Waals surface area contributed by atoms with Gasteiger partial charge >= 0.3 is 0 Å². The molecule has 1 aliphatic rings. The van der Waals surface area contributed by atoms with Crippen molar-refractivity contribution in [2.24, 2.45) is 0 Å². The Bertz CT molecular complexity index is 520. The minimum Gasteiger partial charge on any atom is -0.383 e. The molecule has 0 aliphatic carbocycles. The predicted molar refractivity (Wildman–Crippen MR) is 90.3 cm³/mol. The molecule has 1 atom stereocenters. The Morgan fingerprint density at radius 1 is 1.19 bits per heavy atom. The van der Waals surface area contributed by atoms with Crippen molar-refractivity contribution in [3.05, 3.63) is 41.9 Å². The first-order valence-corrected chi connectivity index (χ1v) is 8.38. The van der Waals surface area contributed by atoms with Crippen LogP contribution in [-0.2, 0) is 0 Å². The van der Waals surface area contributed by atoms with Crippen molar-refractivity contribution in [3.63, 3.8) is 0 Å². The van der Waals surface area contributed by atoms with Crippen LogP contribution in [0.15, 0.2) is 41.9 Å². The number of piperazine rings is 1. The second-order valence-electron chi connectivity index (χ2n) is 5.43. The zero-order chi connectivity index (χ0) is 14.5. The summed E-state index contributed by atoms with van der Waals surface area (Å²) in [4.78, 5) is 9.34. The largest absolute Gasteiger partial charge is 0.383 e. The third kappa shape index (κ3) is 3.74. The van der Waals surface area contributed by atoms with Crippen molar-refractivity contribution in [1.29, 1.82) is 0 Å². The zero-order valence-electron chi connectivity index (χ0n) is 12.4. The predicted octanol–water partition coefficient (Wildman–Crippen LogP) is 2.77. The average molecular weight is 302 g/mol. The topological polar surface area (TPSA) is 31.4 Å². The molecule has 1 aromatic carbocycles. The molecule has 0 spiro atoms. The highest BCUT2D eigenvalue weighted by Crippen LogP contribution is 2.19. The van der Waals surface area contributed by atoms with Crippen LogP contribution >= 0.6 is 11.3 Å². The lowest BCUT2D eigenvalue weighted by atomic mass is 10.2. The van der Waals surface area contributed by atoms with Gasteiger partial charge in [-0.2, -0.15) is 0 Å². The lowest BCUT2D eigenvalue weighted by Crippen LogP contribution is -2.51. The number of nitrogens with zero attached hydrogens (tertiary/aromatic N) is 3. The van der Waals surface area contributed by atoms with Gasteiger partial charge in [-0.3, -0.25) is 4.90 Å². The van der Waals surface area contributed by atoms with E-state index in [2.05, 4.69) is 51.3 Å². The lowest BCUT2D eigenvalue weighted by Gasteiger charge is -2.38. The van der Waals surface area contributed by atoms with Crippen LogP contribution in [0.3, 0.4) is 0 Å². The summed E-state index contributed by atoms with van der Waals surface area (Å²) in [6.45, 7) is 7.65. The Morgan fingerprint density at radius 3 is 2.62 bits per heavy atom. The second kappa shape index (κ2) is 6.91. The molecule has 2 aromatic rings. The van der Waals surface area contributed by atoms with Crippen LogP contribution in [-0.4, -0.2) is 48.6 Å². The van der Waals surface area contributed by atoms with Gasteiger partial charge in [0.15, 0.2) is 5.13 Å². The van der Waals surface area contributed by atoms with Crippen molar-refractivity contribution in [3.8, 4) is 0 Å². The highest BCUT2D eigenvalue weighted by molar-refractivity contribution is 7.13. The molecule has 1 fully saturated rings. The van der Waals surface area contributed by atoms with Gasteiger partial charge in [0.2, 0.25) is 0 Å². The van der Waals surface area contributed by atoms with Gasteiger partial charge in [-0.25, -0.2) is 4.98 Å². The summed E-state index contributed by atoms with van der Waals surface area (Å²) in [6, 6.07) is 11.0. The van der Waals surface area contributed by atoms with Crippen molar-refractivity contribution in [2.75, 3.05) is 42.9 Å². The molecular weight excluding hydrogens is 280 g/mol. The summed E-state index contributed by atoms with van der Waals surface area (Å²) in [5, 5.41) is 6.72. The van der Waals surface area contributed by atoms with Crippen LogP contribution in [0.5, 0.6) is 0 Å². The molecule has 112 valence electrons. The first-order valence-electron chi connectivity index (χ1n) is 7.50. The number of nitrogens with one attached hydrogen (secondary N) is 1. The summed E-state index contributed by atoms with van der Waals surface area (Å²) < 4.78 is 0. The monoisotopic (exact) mass is 302 g/mol.